The molecule has 92 valence electrons. The van der Waals surface area contributed by atoms with E-state index in [0.29, 0.717) is 13.0 Å². The fraction of sp³-hybridized carbons (Fsp3) is 0.818. The molecule has 1 N–H and O–H groups in total. The number of likely N-dealkylation sites (tertiary alicyclic amines) is 1. The van der Waals surface area contributed by atoms with E-state index in [1.54, 1.807) is 11.9 Å². The quantitative estimate of drug-likeness (QED) is 0.745. The molecule has 1 fully saturated rings. The van der Waals surface area contributed by atoms with Crippen LogP contribution in [0.4, 0.5) is 0 Å². The molecule has 0 spiro atoms. The average Bonchev–Trinajstić information content (AvgIpc) is 2.78. The normalized spacial score (nSPS) is 21.9. The van der Waals surface area contributed by atoms with Crippen LogP contribution in [-0.4, -0.2) is 49.6 Å². The van der Waals surface area contributed by atoms with Crippen LogP contribution in [0.1, 0.15) is 26.2 Å². The number of likely N-dealkylation sites (N-methyl/N-ethyl adjacent to an activating group) is 1. The van der Waals surface area contributed by atoms with Gasteiger partial charge in [0, 0.05) is 20.7 Å². The van der Waals surface area contributed by atoms with Crippen LogP contribution < -0.4 is 5.32 Å². The van der Waals surface area contributed by atoms with Crippen molar-refractivity contribution in [3.05, 3.63) is 0 Å². The second kappa shape index (κ2) is 5.84. The lowest BCUT2D eigenvalue weighted by Gasteiger charge is -2.26. The van der Waals surface area contributed by atoms with E-state index in [9.17, 15) is 9.59 Å². The summed E-state index contributed by atoms with van der Waals surface area (Å²) in [5.41, 5.74) is 0. The number of hydrogen-bond donors (Lipinski definition) is 1. The van der Waals surface area contributed by atoms with E-state index < -0.39 is 6.10 Å². The predicted octanol–water partition coefficient (Wildman–Crippen LogP) is 0.148. The van der Waals surface area contributed by atoms with Gasteiger partial charge in [0.05, 0.1) is 0 Å². The molecule has 0 aliphatic carbocycles. The number of nitrogens with zero attached hydrogens (tertiary/aromatic N) is 1. The van der Waals surface area contributed by atoms with Crippen LogP contribution >= 0.6 is 0 Å². The molecule has 2 atom stereocenters. The third-order valence-corrected chi connectivity index (χ3v) is 3.02. The van der Waals surface area contributed by atoms with Crippen molar-refractivity contribution in [3.8, 4) is 0 Å². The van der Waals surface area contributed by atoms with Gasteiger partial charge in [-0.05, 0) is 19.3 Å². The largest absolute Gasteiger partial charge is 0.372 e. The Kier molecular flexibility index (Phi) is 4.73. The van der Waals surface area contributed by atoms with Crippen molar-refractivity contribution in [2.24, 2.45) is 0 Å². The van der Waals surface area contributed by atoms with Crippen LogP contribution in [0.3, 0.4) is 0 Å². The second-order valence-corrected chi connectivity index (χ2v) is 3.94. The maximum atomic E-state index is 12.1. The SMILES string of the molecule is CCC(OC)C(=O)N1CCCC1C(=O)NC. The van der Waals surface area contributed by atoms with E-state index in [2.05, 4.69) is 5.32 Å². The van der Waals surface area contributed by atoms with E-state index in [1.807, 2.05) is 6.92 Å². The van der Waals surface area contributed by atoms with Crippen molar-refractivity contribution >= 4 is 11.8 Å². The Hall–Kier alpha value is -1.10. The molecule has 5 nitrogen and oxygen atoms in total. The van der Waals surface area contributed by atoms with Crippen LogP contribution in [0.25, 0.3) is 0 Å². The summed E-state index contributed by atoms with van der Waals surface area (Å²) in [5, 5.41) is 2.59. The van der Waals surface area contributed by atoms with E-state index in [0.717, 1.165) is 12.8 Å². The first-order chi connectivity index (χ1) is 7.65. The lowest BCUT2D eigenvalue weighted by atomic mass is 10.2. The van der Waals surface area contributed by atoms with Crippen LogP contribution in [0.15, 0.2) is 0 Å². The molecule has 0 radical (unpaired) electrons. The monoisotopic (exact) mass is 228 g/mol. The van der Waals surface area contributed by atoms with Gasteiger partial charge in [-0.25, -0.2) is 0 Å². The number of nitrogens with one attached hydrogen (secondary N) is 1. The summed E-state index contributed by atoms with van der Waals surface area (Å²) in [6.07, 6.45) is 1.83. The number of hydrogen-bond acceptors (Lipinski definition) is 3. The Morgan fingerprint density at radius 2 is 2.25 bits per heavy atom. The highest BCUT2D eigenvalue weighted by molar-refractivity contribution is 5.89. The highest BCUT2D eigenvalue weighted by Crippen LogP contribution is 2.19. The zero-order valence-electron chi connectivity index (χ0n) is 10.2. The number of methoxy groups -OCH3 is 1. The third-order valence-electron chi connectivity index (χ3n) is 3.02. The Balaban J connectivity index is 2.70. The number of ether oxygens (including phenoxy) is 1. The van der Waals surface area contributed by atoms with E-state index in [4.69, 9.17) is 4.74 Å². The first-order valence-corrected chi connectivity index (χ1v) is 5.70. The van der Waals surface area contributed by atoms with Gasteiger partial charge in [0.1, 0.15) is 12.1 Å². The summed E-state index contributed by atoms with van der Waals surface area (Å²) >= 11 is 0. The van der Waals surface area contributed by atoms with Crippen molar-refractivity contribution in [3.63, 3.8) is 0 Å². The van der Waals surface area contributed by atoms with Crippen LogP contribution in [0.2, 0.25) is 0 Å². The standard InChI is InChI=1S/C11H20N2O3/c1-4-9(16-3)11(15)13-7-5-6-8(13)10(14)12-2/h8-9H,4-7H2,1-3H3,(H,12,14). The fourth-order valence-electron chi connectivity index (χ4n) is 2.10. The van der Waals surface area contributed by atoms with Gasteiger partial charge in [0.2, 0.25) is 5.91 Å². The fourth-order valence-corrected chi connectivity index (χ4v) is 2.10. The van der Waals surface area contributed by atoms with E-state index in [1.165, 1.54) is 7.11 Å². The highest BCUT2D eigenvalue weighted by Gasteiger charge is 2.36. The van der Waals surface area contributed by atoms with Crippen LogP contribution in [-0.2, 0) is 14.3 Å². The molecule has 0 bridgehead atoms. The molecule has 0 saturated carbocycles. The third kappa shape index (κ3) is 2.52. The number of amides is 2. The Morgan fingerprint density at radius 3 is 2.75 bits per heavy atom. The summed E-state index contributed by atoms with van der Waals surface area (Å²) in [5.74, 6) is -0.159. The number of carbonyl (C=O) groups is 2. The van der Waals surface area contributed by atoms with Gasteiger partial charge in [-0.2, -0.15) is 0 Å². The van der Waals surface area contributed by atoms with Gasteiger partial charge in [-0.15, -0.1) is 0 Å². The van der Waals surface area contributed by atoms with Gasteiger partial charge < -0.3 is 15.0 Å². The first kappa shape index (κ1) is 13.0. The molecule has 2 unspecified atom stereocenters. The molecule has 1 aliphatic heterocycles. The van der Waals surface area contributed by atoms with Gasteiger partial charge in [0.15, 0.2) is 0 Å². The molecule has 1 aliphatic rings. The maximum Gasteiger partial charge on any atom is 0.252 e. The van der Waals surface area contributed by atoms with Crippen molar-refractivity contribution in [2.75, 3.05) is 20.7 Å². The Bertz CT molecular complexity index is 264. The predicted molar refractivity (Wildman–Crippen MR) is 59.9 cm³/mol. The molecular weight excluding hydrogens is 208 g/mol. The Labute approximate surface area is 96.1 Å². The first-order valence-electron chi connectivity index (χ1n) is 5.70. The molecule has 0 aromatic heterocycles. The zero-order valence-corrected chi connectivity index (χ0v) is 10.2. The molecule has 0 aromatic rings. The minimum atomic E-state index is -0.426. The summed E-state index contributed by atoms with van der Waals surface area (Å²) in [6.45, 7) is 2.55. The van der Waals surface area contributed by atoms with Crippen molar-refractivity contribution in [2.45, 2.75) is 38.3 Å². The smallest absolute Gasteiger partial charge is 0.252 e. The lowest BCUT2D eigenvalue weighted by Crippen LogP contribution is -2.48. The minimum absolute atomic E-state index is 0.0731. The summed E-state index contributed by atoms with van der Waals surface area (Å²) in [6, 6.07) is -0.318. The average molecular weight is 228 g/mol. The molecular formula is C11H20N2O3. The molecule has 1 rings (SSSR count). The highest BCUT2D eigenvalue weighted by atomic mass is 16.5. The molecule has 1 heterocycles. The zero-order chi connectivity index (χ0) is 12.1. The van der Waals surface area contributed by atoms with Gasteiger partial charge in [0.25, 0.3) is 5.91 Å². The summed E-state index contributed by atoms with van der Waals surface area (Å²) in [7, 11) is 3.12. The lowest BCUT2D eigenvalue weighted by molar-refractivity contribution is -0.146. The van der Waals surface area contributed by atoms with E-state index >= 15 is 0 Å². The summed E-state index contributed by atoms with van der Waals surface area (Å²) < 4.78 is 5.11. The van der Waals surface area contributed by atoms with Crippen LogP contribution in [0, 0.1) is 0 Å². The maximum absolute atomic E-state index is 12.1. The minimum Gasteiger partial charge on any atom is -0.372 e. The summed E-state index contributed by atoms with van der Waals surface area (Å²) in [4.78, 5) is 25.3. The van der Waals surface area contributed by atoms with Crippen molar-refractivity contribution in [1.82, 2.24) is 10.2 Å². The van der Waals surface area contributed by atoms with Crippen LogP contribution in [0.5, 0.6) is 0 Å². The molecule has 16 heavy (non-hydrogen) atoms. The Morgan fingerprint density at radius 1 is 1.56 bits per heavy atom. The van der Waals surface area contributed by atoms with Gasteiger partial charge in [-0.3, -0.25) is 9.59 Å². The second-order valence-electron chi connectivity index (χ2n) is 3.94. The molecule has 5 heteroatoms. The van der Waals surface area contributed by atoms with Crippen molar-refractivity contribution < 1.29 is 14.3 Å². The molecule has 1 saturated heterocycles. The van der Waals surface area contributed by atoms with Gasteiger partial charge >= 0.3 is 0 Å². The number of rotatable bonds is 4. The number of carbonyl (C=O) groups excluding carboxylic acids is 2. The molecule has 2 amide bonds. The topological polar surface area (TPSA) is 58.6 Å². The van der Waals surface area contributed by atoms with E-state index in [-0.39, 0.29) is 17.9 Å². The van der Waals surface area contributed by atoms with Crippen molar-refractivity contribution in [1.29, 1.82) is 0 Å². The molecule has 0 aromatic carbocycles. The van der Waals surface area contributed by atoms with Gasteiger partial charge in [-0.1, -0.05) is 6.92 Å².